The van der Waals surface area contributed by atoms with Crippen molar-refractivity contribution in [2.45, 2.75) is 56.2 Å². The average molecular weight is 205 g/mol. The van der Waals surface area contributed by atoms with Crippen LogP contribution in [0.2, 0.25) is 0 Å². The second-order valence-corrected chi connectivity index (χ2v) is 4.55. The van der Waals surface area contributed by atoms with Crippen molar-refractivity contribution >= 4 is 0 Å². The molecule has 2 N–H and O–H groups in total. The Balaban J connectivity index is 1.94. The molecule has 0 aromatic carbocycles. The summed E-state index contributed by atoms with van der Waals surface area (Å²) in [6.45, 7) is 0.512. The molecule has 0 aromatic rings. The highest BCUT2D eigenvalue weighted by atomic mass is 19.3. The number of rotatable bonds is 1. The average Bonchev–Trinajstić information content (AvgIpc) is 2.56. The molecule has 1 saturated carbocycles. The van der Waals surface area contributed by atoms with E-state index in [1.165, 1.54) is 0 Å². The smallest absolute Gasteiger partial charge is 0.248 e. The molecular weight excluding hydrogens is 188 g/mol. The minimum absolute atomic E-state index is 0.0235. The minimum atomic E-state index is -2.46. The Morgan fingerprint density at radius 1 is 1.14 bits per heavy atom. The molecule has 2 rings (SSSR count). The second kappa shape index (κ2) is 3.42. The molecule has 0 amide bonds. The molecule has 1 unspecified atom stereocenters. The molecule has 1 saturated heterocycles. The minimum Gasteiger partial charge on any atom is -0.370 e. The van der Waals surface area contributed by atoms with E-state index in [2.05, 4.69) is 0 Å². The molecule has 14 heavy (non-hydrogen) atoms. The predicted octanol–water partition coefficient (Wildman–Crippen LogP) is 2.07. The van der Waals surface area contributed by atoms with Crippen molar-refractivity contribution in [3.05, 3.63) is 0 Å². The van der Waals surface area contributed by atoms with Crippen LogP contribution in [-0.4, -0.2) is 24.2 Å². The van der Waals surface area contributed by atoms with E-state index in [1.807, 2.05) is 0 Å². The van der Waals surface area contributed by atoms with E-state index in [4.69, 9.17) is 10.5 Å². The van der Waals surface area contributed by atoms with Gasteiger partial charge in [0.05, 0.1) is 11.7 Å². The Morgan fingerprint density at radius 3 is 2.29 bits per heavy atom. The first-order valence-electron chi connectivity index (χ1n) is 5.31. The van der Waals surface area contributed by atoms with Gasteiger partial charge in [0.1, 0.15) is 0 Å². The highest BCUT2D eigenvalue weighted by Crippen LogP contribution is 2.46. The first-order valence-corrected chi connectivity index (χ1v) is 5.31. The number of hydrogen-bond donors (Lipinski definition) is 1. The highest BCUT2D eigenvalue weighted by molar-refractivity contribution is 4.95. The van der Waals surface area contributed by atoms with Gasteiger partial charge in [-0.3, -0.25) is 0 Å². The summed E-state index contributed by atoms with van der Waals surface area (Å²) in [5.41, 5.74) is 5.25. The van der Waals surface area contributed by atoms with Gasteiger partial charge in [0.2, 0.25) is 5.92 Å². The third-order valence-electron chi connectivity index (χ3n) is 3.49. The number of halogens is 2. The van der Waals surface area contributed by atoms with Crippen molar-refractivity contribution < 1.29 is 13.5 Å². The fourth-order valence-corrected chi connectivity index (χ4v) is 2.50. The van der Waals surface area contributed by atoms with Crippen molar-refractivity contribution in [3.63, 3.8) is 0 Å². The lowest BCUT2D eigenvalue weighted by atomic mass is 9.81. The van der Waals surface area contributed by atoms with E-state index in [0.29, 0.717) is 19.4 Å². The zero-order chi connectivity index (χ0) is 10.2. The third kappa shape index (κ3) is 1.91. The number of alkyl halides is 2. The largest absolute Gasteiger partial charge is 0.370 e. The van der Waals surface area contributed by atoms with E-state index < -0.39 is 5.92 Å². The van der Waals surface area contributed by atoms with Crippen molar-refractivity contribution in [1.82, 2.24) is 0 Å². The molecule has 2 nitrogen and oxygen atoms in total. The summed E-state index contributed by atoms with van der Waals surface area (Å²) in [5, 5.41) is 0. The van der Waals surface area contributed by atoms with Crippen LogP contribution in [0.15, 0.2) is 0 Å². The summed E-state index contributed by atoms with van der Waals surface area (Å²) in [6, 6.07) is 0. The number of ether oxygens (including phenoxy) is 1. The summed E-state index contributed by atoms with van der Waals surface area (Å²) in [4.78, 5) is 0. The SMILES string of the molecule is NCC1CCC2(CCC(F)(F)CC2)O1. The van der Waals surface area contributed by atoms with Gasteiger partial charge in [0, 0.05) is 19.4 Å². The zero-order valence-electron chi connectivity index (χ0n) is 8.27. The Bertz CT molecular complexity index is 210. The van der Waals surface area contributed by atoms with Crippen molar-refractivity contribution in [2.24, 2.45) is 5.73 Å². The lowest BCUT2D eigenvalue weighted by Gasteiger charge is -2.36. The van der Waals surface area contributed by atoms with E-state index in [9.17, 15) is 8.78 Å². The van der Waals surface area contributed by atoms with Crippen LogP contribution in [0.25, 0.3) is 0 Å². The summed E-state index contributed by atoms with van der Waals surface area (Å²) in [7, 11) is 0. The van der Waals surface area contributed by atoms with E-state index in [1.54, 1.807) is 0 Å². The summed E-state index contributed by atoms with van der Waals surface area (Å²) in [5.74, 6) is -2.46. The lowest BCUT2D eigenvalue weighted by molar-refractivity contribution is -0.125. The van der Waals surface area contributed by atoms with Gasteiger partial charge in [-0.05, 0) is 25.7 Å². The molecular formula is C10H17F2NO. The molecule has 2 aliphatic rings. The predicted molar refractivity (Wildman–Crippen MR) is 49.3 cm³/mol. The maximum Gasteiger partial charge on any atom is 0.248 e. The quantitative estimate of drug-likeness (QED) is 0.711. The molecule has 0 aromatic heterocycles. The van der Waals surface area contributed by atoms with Gasteiger partial charge < -0.3 is 10.5 Å². The van der Waals surface area contributed by atoms with Crippen LogP contribution in [0.1, 0.15) is 38.5 Å². The summed E-state index contributed by atoms with van der Waals surface area (Å²) < 4.78 is 31.7. The van der Waals surface area contributed by atoms with Crippen LogP contribution in [0.3, 0.4) is 0 Å². The van der Waals surface area contributed by atoms with Crippen molar-refractivity contribution in [3.8, 4) is 0 Å². The molecule has 4 heteroatoms. The molecule has 0 radical (unpaired) electrons. The Morgan fingerprint density at radius 2 is 1.79 bits per heavy atom. The topological polar surface area (TPSA) is 35.2 Å². The van der Waals surface area contributed by atoms with Gasteiger partial charge in [-0.1, -0.05) is 0 Å². The molecule has 1 aliphatic carbocycles. The maximum absolute atomic E-state index is 12.9. The van der Waals surface area contributed by atoms with Crippen LogP contribution in [0.4, 0.5) is 8.78 Å². The van der Waals surface area contributed by atoms with Gasteiger partial charge in [-0.15, -0.1) is 0 Å². The lowest BCUT2D eigenvalue weighted by Crippen LogP contribution is -2.39. The molecule has 2 fully saturated rings. The molecule has 1 atom stereocenters. The van der Waals surface area contributed by atoms with Crippen LogP contribution >= 0.6 is 0 Å². The van der Waals surface area contributed by atoms with Gasteiger partial charge in [-0.2, -0.15) is 0 Å². The fourth-order valence-electron chi connectivity index (χ4n) is 2.50. The highest BCUT2D eigenvalue weighted by Gasteiger charge is 2.47. The molecule has 1 spiro atoms. The molecule has 1 heterocycles. The molecule has 82 valence electrons. The van der Waals surface area contributed by atoms with Crippen molar-refractivity contribution in [1.29, 1.82) is 0 Å². The normalized spacial score (nSPS) is 34.9. The fraction of sp³-hybridized carbons (Fsp3) is 1.00. The first kappa shape index (κ1) is 10.3. The maximum atomic E-state index is 12.9. The second-order valence-electron chi connectivity index (χ2n) is 4.55. The van der Waals surface area contributed by atoms with Gasteiger partial charge >= 0.3 is 0 Å². The van der Waals surface area contributed by atoms with E-state index in [-0.39, 0.29) is 24.5 Å². The van der Waals surface area contributed by atoms with Crippen LogP contribution in [-0.2, 0) is 4.74 Å². The monoisotopic (exact) mass is 205 g/mol. The van der Waals surface area contributed by atoms with Crippen LogP contribution < -0.4 is 5.73 Å². The first-order chi connectivity index (χ1) is 6.55. The zero-order valence-corrected chi connectivity index (χ0v) is 8.27. The Labute approximate surface area is 82.8 Å². The van der Waals surface area contributed by atoms with Gasteiger partial charge in [-0.25, -0.2) is 8.78 Å². The Kier molecular flexibility index (Phi) is 2.52. The Hall–Kier alpha value is -0.220. The van der Waals surface area contributed by atoms with E-state index >= 15 is 0 Å². The van der Waals surface area contributed by atoms with Gasteiger partial charge in [0.15, 0.2) is 0 Å². The number of hydrogen-bond acceptors (Lipinski definition) is 2. The third-order valence-corrected chi connectivity index (χ3v) is 3.49. The van der Waals surface area contributed by atoms with E-state index in [0.717, 1.165) is 12.8 Å². The molecule has 1 aliphatic heterocycles. The van der Waals surface area contributed by atoms with Gasteiger partial charge in [0.25, 0.3) is 0 Å². The summed E-state index contributed by atoms with van der Waals surface area (Å²) >= 11 is 0. The molecule has 0 bridgehead atoms. The van der Waals surface area contributed by atoms with Crippen molar-refractivity contribution in [2.75, 3.05) is 6.54 Å². The van der Waals surface area contributed by atoms with Crippen LogP contribution in [0, 0.1) is 0 Å². The summed E-state index contributed by atoms with van der Waals surface area (Å²) in [6.07, 6.45) is 2.89. The van der Waals surface area contributed by atoms with Crippen LogP contribution in [0.5, 0.6) is 0 Å². The standard InChI is InChI=1S/C10H17F2NO/c11-10(12)5-3-9(4-6-10)2-1-8(7-13)14-9/h8H,1-7,13H2. The number of nitrogens with two attached hydrogens (primary N) is 1.